The van der Waals surface area contributed by atoms with E-state index in [4.69, 9.17) is 16.7 Å². The number of rotatable bonds is 5. The first-order chi connectivity index (χ1) is 9.08. The molecule has 0 unspecified atom stereocenters. The molecular formula is C13H12ClFN2O2. The van der Waals surface area contributed by atoms with E-state index in [0.717, 1.165) is 0 Å². The Bertz CT molecular complexity index is 598. The van der Waals surface area contributed by atoms with Crippen molar-refractivity contribution in [3.63, 3.8) is 0 Å². The van der Waals surface area contributed by atoms with Gasteiger partial charge in [0.2, 0.25) is 0 Å². The molecule has 1 aromatic carbocycles. The summed E-state index contributed by atoms with van der Waals surface area (Å²) in [6.07, 6.45) is 1.82. The Labute approximate surface area is 114 Å². The van der Waals surface area contributed by atoms with Crippen LogP contribution in [-0.4, -0.2) is 20.9 Å². The summed E-state index contributed by atoms with van der Waals surface area (Å²) in [5.41, 5.74) is 1.14. The SMILES string of the molecule is O=C(O)CCc1cnn(Cc2ccccc2F)c1Cl. The largest absolute Gasteiger partial charge is 0.481 e. The van der Waals surface area contributed by atoms with Gasteiger partial charge >= 0.3 is 5.97 Å². The maximum absolute atomic E-state index is 13.5. The van der Waals surface area contributed by atoms with Gasteiger partial charge in [-0.15, -0.1) is 0 Å². The van der Waals surface area contributed by atoms with E-state index < -0.39 is 5.97 Å². The number of carboxylic acids is 1. The van der Waals surface area contributed by atoms with E-state index in [2.05, 4.69) is 5.10 Å². The number of carbonyl (C=O) groups is 1. The lowest BCUT2D eigenvalue weighted by atomic mass is 10.2. The van der Waals surface area contributed by atoms with E-state index in [9.17, 15) is 9.18 Å². The smallest absolute Gasteiger partial charge is 0.303 e. The summed E-state index contributed by atoms with van der Waals surface area (Å²) in [5.74, 6) is -1.21. The summed E-state index contributed by atoms with van der Waals surface area (Å²) in [6.45, 7) is 0.221. The van der Waals surface area contributed by atoms with Crippen LogP contribution in [0.2, 0.25) is 5.15 Å². The molecule has 100 valence electrons. The molecule has 1 heterocycles. The number of halogens is 2. The number of benzene rings is 1. The maximum Gasteiger partial charge on any atom is 0.303 e. The van der Waals surface area contributed by atoms with E-state index in [0.29, 0.717) is 22.7 Å². The molecular weight excluding hydrogens is 271 g/mol. The lowest BCUT2D eigenvalue weighted by molar-refractivity contribution is -0.136. The molecule has 0 spiro atoms. The standard InChI is InChI=1S/C13H12ClFN2O2/c14-13-9(5-6-12(18)19)7-16-17(13)8-10-3-1-2-4-11(10)15/h1-4,7H,5-6,8H2,(H,18,19). The van der Waals surface area contributed by atoms with E-state index in [1.54, 1.807) is 18.2 Å². The van der Waals surface area contributed by atoms with Crippen LogP contribution in [0.1, 0.15) is 17.5 Å². The van der Waals surface area contributed by atoms with Crippen molar-refractivity contribution < 1.29 is 14.3 Å². The van der Waals surface area contributed by atoms with Gasteiger partial charge in [-0.25, -0.2) is 9.07 Å². The van der Waals surface area contributed by atoms with Crippen molar-refractivity contribution in [3.8, 4) is 0 Å². The second kappa shape index (κ2) is 5.84. The fourth-order valence-corrected chi connectivity index (χ4v) is 1.96. The van der Waals surface area contributed by atoms with Crippen LogP contribution in [-0.2, 0) is 17.8 Å². The third kappa shape index (κ3) is 3.32. The molecule has 1 aromatic heterocycles. The Morgan fingerprint density at radius 3 is 2.79 bits per heavy atom. The van der Waals surface area contributed by atoms with Crippen molar-refractivity contribution in [2.24, 2.45) is 0 Å². The zero-order chi connectivity index (χ0) is 13.8. The second-order valence-electron chi connectivity index (χ2n) is 4.10. The minimum atomic E-state index is -0.891. The molecule has 0 amide bonds. The zero-order valence-corrected chi connectivity index (χ0v) is 10.8. The van der Waals surface area contributed by atoms with Crippen molar-refractivity contribution >= 4 is 17.6 Å². The lowest BCUT2D eigenvalue weighted by Crippen LogP contribution is -2.04. The van der Waals surface area contributed by atoms with Gasteiger partial charge in [-0.1, -0.05) is 29.8 Å². The first-order valence-electron chi connectivity index (χ1n) is 5.73. The molecule has 0 radical (unpaired) electrons. The van der Waals surface area contributed by atoms with Crippen LogP contribution >= 0.6 is 11.6 Å². The fourth-order valence-electron chi connectivity index (χ4n) is 1.72. The van der Waals surface area contributed by atoms with Crippen molar-refractivity contribution in [1.29, 1.82) is 0 Å². The number of carboxylic acid groups (broad SMARTS) is 1. The average molecular weight is 283 g/mol. The van der Waals surface area contributed by atoms with E-state index in [-0.39, 0.29) is 18.8 Å². The van der Waals surface area contributed by atoms with Gasteiger partial charge in [0, 0.05) is 17.5 Å². The monoisotopic (exact) mass is 282 g/mol. The highest BCUT2D eigenvalue weighted by molar-refractivity contribution is 6.30. The molecule has 0 aliphatic carbocycles. The van der Waals surface area contributed by atoms with Gasteiger partial charge in [-0.2, -0.15) is 5.10 Å². The number of aryl methyl sites for hydroxylation is 1. The Hall–Kier alpha value is -1.88. The fraction of sp³-hybridized carbons (Fsp3) is 0.231. The zero-order valence-electron chi connectivity index (χ0n) is 10.0. The van der Waals surface area contributed by atoms with Crippen molar-refractivity contribution in [2.75, 3.05) is 0 Å². The Balaban J connectivity index is 2.14. The molecule has 0 saturated heterocycles. The normalized spacial score (nSPS) is 10.6. The molecule has 6 heteroatoms. The van der Waals surface area contributed by atoms with E-state index >= 15 is 0 Å². The van der Waals surface area contributed by atoms with Crippen molar-refractivity contribution in [1.82, 2.24) is 9.78 Å². The van der Waals surface area contributed by atoms with Gasteiger partial charge in [0.1, 0.15) is 11.0 Å². The van der Waals surface area contributed by atoms with Gasteiger partial charge < -0.3 is 5.11 Å². The average Bonchev–Trinajstić information content (AvgIpc) is 2.71. The third-order valence-electron chi connectivity index (χ3n) is 2.73. The number of hydrogen-bond donors (Lipinski definition) is 1. The molecule has 0 aliphatic rings. The number of aliphatic carboxylic acids is 1. The highest BCUT2D eigenvalue weighted by Gasteiger charge is 2.11. The van der Waals surface area contributed by atoms with Gasteiger partial charge in [0.15, 0.2) is 0 Å². The molecule has 1 N–H and O–H groups in total. The highest BCUT2D eigenvalue weighted by Crippen LogP contribution is 2.19. The second-order valence-corrected chi connectivity index (χ2v) is 4.46. The number of nitrogens with zero attached hydrogens (tertiary/aromatic N) is 2. The Kier molecular flexibility index (Phi) is 4.16. The third-order valence-corrected chi connectivity index (χ3v) is 3.17. The summed E-state index contributed by atoms with van der Waals surface area (Å²) in [5, 5.41) is 13.0. The molecule has 2 aromatic rings. The number of hydrogen-bond acceptors (Lipinski definition) is 2. The van der Waals surface area contributed by atoms with Gasteiger partial charge in [-0.3, -0.25) is 4.79 Å². The maximum atomic E-state index is 13.5. The Morgan fingerprint density at radius 1 is 1.37 bits per heavy atom. The molecule has 19 heavy (non-hydrogen) atoms. The van der Waals surface area contributed by atoms with E-state index in [1.807, 2.05) is 0 Å². The first-order valence-corrected chi connectivity index (χ1v) is 6.11. The van der Waals surface area contributed by atoms with Gasteiger partial charge in [-0.05, 0) is 12.5 Å². The quantitative estimate of drug-likeness (QED) is 0.917. The summed E-state index contributed by atoms with van der Waals surface area (Å²) >= 11 is 6.10. The van der Waals surface area contributed by atoms with Gasteiger partial charge in [0.25, 0.3) is 0 Å². The minimum absolute atomic E-state index is 0.00882. The van der Waals surface area contributed by atoms with Crippen LogP contribution in [0.25, 0.3) is 0 Å². The molecule has 0 aliphatic heterocycles. The molecule has 2 rings (SSSR count). The van der Waals surface area contributed by atoms with Gasteiger partial charge in [0.05, 0.1) is 12.7 Å². The predicted octanol–water partition coefficient (Wildman–Crippen LogP) is 2.74. The molecule has 4 nitrogen and oxygen atoms in total. The van der Waals surface area contributed by atoms with E-state index in [1.165, 1.54) is 16.9 Å². The molecule has 0 saturated carbocycles. The van der Waals surface area contributed by atoms with Crippen molar-refractivity contribution in [3.05, 3.63) is 52.6 Å². The first kappa shape index (κ1) is 13.5. The molecule has 0 bridgehead atoms. The van der Waals surface area contributed by atoms with Crippen LogP contribution in [0.3, 0.4) is 0 Å². The summed E-state index contributed by atoms with van der Waals surface area (Å²) in [6, 6.07) is 6.38. The number of aromatic nitrogens is 2. The predicted molar refractivity (Wildman–Crippen MR) is 68.7 cm³/mol. The highest BCUT2D eigenvalue weighted by atomic mass is 35.5. The van der Waals surface area contributed by atoms with Crippen LogP contribution in [0.5, 0.6) is 0 Å². The van der Waals surface area contributed by atoms with Crippen LogP contribution in [0.4, 0.5) is 4.39 Å². The molecule has 0 atom stereocenters. The lowest BCUT2D eigenvalue weighted by Gasteiger charge is -2.05. The van der Waals surface area contributed by atoms with Crippen LogP contribution < -0.4 is 0 Å². The minimum Gasteiger partial charge on any atom is -0.481 e. The molecule has 0 fully saturated rings. The Morgan fingerprint density at radius 2 is 2.11 bits per heavy atom. The topological polar surface area (TPSA) is 55.1 Å². The van der Waals surface area contributed by atoms with Crippen LogP contribution in [0.15, 0.2) is 30.5 Å². The summed E-state index contributed by atoms with van der Waals surface area (Å²) in [7, 11) is 0. The summed E-state index contributed by atoms with van der Waals surface area (Å²) < 4.78 is 15.0. The summed E-state index contributed by atoms with van der Waals surface area (Å²) in [4.78, 5) is 10.5. The van der Waals surface area contributed by atoms with Crippen LogP contribution in [0, 0.1) is 5.82 Å². The van der Waals surface area contributed by atoms with Crippen molar-refractivity contribution in [2.45, 2.75) is 19.4 Å².